The molecule has 0 saturated heterocycles. The van der Waals surface area contributed by atoms with E-state index in [1.807, 2.05) is 41.9 Å². The van der Waals surface area contributed by atoms with Gasteiger partial charge >= 0.3 is 0 Å². The molecule has 0 fully saturated rings. The zero-order valence-corrected chi connectivity index (χ0v) is 18.3. The Morgan fingerprint density at radius 1 is 1.21 bits per heavy atom. The third kappa shape index (κ3) is 6.36. The summed E-state index contributed by atoms with van der Waals surface area (Å²) < 4.78 is 20.7. The quantitative estimate of drug-likeness (QED) is 0.299. The molecule has 3 rings (SSSR count). The Kier molecular flexibility index (Phi) is 8.49. The molecule has 2 N–H and O–H groups in total. The van der Waals surface area contributed by atoms with E-state index in [2.05, 4.69) is 20.6 Å². The van der Waals surface area contributed by atoms with Gasteiger partial charge in [0.15, 0.2) is 5.96 Å². The van der Waals surface area contributed by atoms with Crippen molar-refractivity contribution in [1.82, 2.24) is 20.0 Å². The van der Waals surface area contributed by atoms with E-state index in [-0.39, 0.29) is 35.9 Å². The fourth-order valence-electron chi connectivity index (χ4n) is 2.66. The zero-order valence-electron chi connectivity index (χ0n) is 15.9. The number of ether oxygens (including phenoxy) is 1. The second-order valence-electron chi connectivity index (χ2n) is 6.21. The molecule has 0 aliphatic carbocycles. The number of hydrogen-bond acceptors (Lipinski definition) is 3. The Morgan fingerprint density at radius 2 is 2.00 bits per heavy atom. The van der Waals surface area contributed by atoms with Gasteiger partial charge in [-0.3, -0.25) is 4.99 Å². The van der Waals surface area contributed by atoms with Gasteiger partial charge in [-0.25, -0.2) is 9.37 Å². The molecule has 0 spiro atoms. The molecule has 0 radical (unpaired) electrons. The third-order valence-electron chi connectivity index (χ3n) is 4.02. The SMILES string of the molecule is CN=C(NCCc1cn2ccccc2n1)NCC(C)Oc1ccc(F)cc1.I. The number of guanidine groups is 1. The van der Waals surface area contributed by atoms with Crippen LogP contribution in [-0.4, -0.2) is 41.6 Å². The van der Waals surface area contributed by atoms with Crippen molar-refractivity contribution in [3.05, 3.63) is 66.4 Å². The van der Waals surface area contributed by atoms with E-state index in [1.54, 1.807) is 19.2 Å². The van der Waals surface area contributed by atoms with Gasteiger partial charge in [-0.2, -0.15) is 0 Å². The second kappa shape index (κ2) is 10.8. The van der Waals surface area contributed by atoms with Crippen LogP contribution in [0.3, 0.4) is 0 Å². The number of rotatable bonds is 7. The highest BCUT2D eigenvalue weighted by Gasteiger charge is 2.07. The van der Waals surface area contributed by atoms with Crippen LogP contribution in [0.4, 0.5) is 4.39 Å². The van der Waals surface area contributed by atoms with Crippen LogP contribution in [-0.2, 0) is 6.42 Å². The first-order valence-corrected chi connectivity index (χ1v) is 8.93. The standard InChI is InChI=1S/C20H24FN5O.HI/c1-15(27-18-8-6-16(21)7-9-18)13-24-20(22-2)23-11-10-17-14-26-12-4-3-5-19(26)25-17;/h3-9,12,14-15H,10-11,13H2,1-2H3,(H2,22,23,24);1H. The van der Waals surface area contributed by atoms with Gasteiger partial charge in [-0.1, -0.05) is 6.07 Å². The van der Waals surface area contributed by atoms with Crippen molar-refractivity contribution in [2.75, 3.05) is 20.1 Å². The topological polar surface area (TPSA) is 63.0 Å². The van der Waals surface area contributed by atoms with Crippen LogP contribution in [0.5, 0.6) is 5.75 Å². The zero-order chi connectivity index (χ0) is 19.1. The van der Waals surface area contributed by atoms with E-state index < -0.39 is 0 Å². The molecule has 1 unspecified atom stereocenters. The van der Waals surface area contributed by atoms with E-state index in [0.29, 0.717) is 18.3 Å². The largest absolute Gasteiger partial charge is 0.489 e. The van der Waals surface area contributed by atoms with E-state index in [4.69, 9.17) is 4.74 Å². The molecule has 8 heteroatoms. The molecule has 150 valence electrons. The Bertz CT molecular complexity index is 864. The Balaban J connectivity index is 0.00000280. The summed E-state index contributed by atoms with van der Waals surface area (Å²) in [7, 11) is 1.73. The summed E-state index contributed by atoms with van der Waals surface area (Å²) in [4.78, 5) is 8.79. The van der Waals surface area contributed by atoms with Gasteiger partial charge in [-0.15, -0.1) is 24.0 Å². The molecular formula is C20H25FIN5O. The van der Waals surface area contributed by atoms with Gasteiger partial charge < -0.3 is 19.8 Å². The molecule has 1 aromatic carbocycles. The summed E-state index contributed by atoms with van der Waals surface area (Å²) in [6.45, 7) is 3.24. The minimum atomic E-state index is -0.275. The lowest BCUT2D eigenvalue weighted by Gasteiger charge is -2.17. The molecule has 28 heavy (non-hydrogen) atoms. The predicted molar refractivity (Wildman–Crippen MR) is 120 cm³/mol. The molecule has 0 amide bonds. The minimum absolute atomic E-state index is 0. The van der Waals surface area contributed by atoms with Gasteiger partial charge in [0.1, 0.15) is 23.3 Å². The number of fused-ring (bicyclic) bond motifs is 1. The fraction of sp³-hybridized carbons (Fsp3) is 0.300. The van der Waals surface area contributed by atoms with Crippen molar-refractivity contribution in [3.8, 4) is 5.75 Å². The first-order chi connectivity index (χ1) is 13.1. The first-order valence-electron chi connectivity index (χ1n) is 8.93. The van der Waals surface area contributed by atoms with Crippen LogP contribution in [0.25, 0.3) is 5.65 Å². The van der Waals surface area contributed by atoms with Crippen LogP contribution in [0.1, 0.15) is 12.6 Å². The summed E-state index contributed by atoms with van der Waals surface area (Å²) in [6, 6.07) is 12.0. The molecule has 2 heterocycles. The second-order valence-corrected chi connectivity index (χ2v) is 6.21. The number of pyridine rings is 1. The number of halogens is 2. The average molecular weight is 497 g/mol. The van der Waals surface area contributed by atoms with Gasteiger partial charge in [0.05, 0.1) is 12.2 Å². The fourth-order valence-corrected chi connectivity index (χ4v) is 2.66. The van der Waals surface area contributed by atoms with Crippen LogP contribution in [0, 0.1) is 5.82 Å². The van der Waals surface area contributed by atoms with Crippen molar-refractivity contribution in [2.24, 2.45) is 4.99 Å². The highest BCUT2D eigenvalue weighted by molar-refractivity contribution is 14.0. The monoisotopic (exact) mass is 497 g/mol. The van der Waals surface area contributed by atoms with Crippen molar-refractivity contribution in [2.45, 2.75) is 19.4 Å². The first kappa shape index (κ1) is 21.9. The maximum absolute atomic E-state index is 12.9. The molecular weight excluding hydrogens is 472 g/mol. The van der Waals surface area contributed by atoms with Gasteiger partial charge in [-0.05, 0) is 43.3 Å². The molecule has 1 atom stereocenters. The Morgan fingerprint density at radius 3 is 2.71 bits per heavy atom. The van der Waals surface area contributed by atoms with Crippen LogP contribution < -0.4 is 15.4 Å². The number of benzene rings is 1. The van der Waals surface area contributed by atoms with E-state index in [9.17, 15) is 4.39 Å². The van der Waals surface area contributed by atoms with E-state index >= 15 is 0 Å². The molecule has 6 nitrogen and oxygen atoms in total. The Hall–Kier alpha value is -2.36. The van der Waals surface area contributed by atoms with Crippen molar-refractivity contribution >= 4 is 35.6 Å². The summed E-state index contributed by atoms with van der Waals surface area (Å²) in [5, 5.41) is 6.50. The summed E-state index contributed by atoms with van der Waals surface area (Å²) in [5.74, 6) is 1.07. The summed E-state index contributed by atoms with van der Waals surface area (Å²) in [6.07, 6.45) is 4.73. The smallest absolute Gasteiger partial charge is 0.191 e. The molecule has 0 bridgehead atoms. The predicted octanol–water partition coefficient (Wildman–Crippen LogP) is 3.27. The number of nitrogens with zero attached hydrogens (tertiary/aromatic N) is 3. The lowest BCUT2D eigenvalue weighted by atomic mass is 10.3. The van der Waals surface area contributed by atoms with Gasteiger partial charge in [0.25, 0.3) is 0 Å². The number of nitrogens with one attached hydrogen (secondary N) is 2. The average Bonchev–Trinajstić information content (AvgIpc) is 3.09. The highest BCUT2D eigenvalue weighted by atomic mass is 127. The summed E-state index contributed by atoms with van der Waals surface area (Å²) in [5.41, 5.74) is 1.97. The molecule has 0 saturated carbocycles. The molecule has 2 aromatic heterocycles. The van der Waals surface area contributed by atoms with E-state index in [1.165, 1.54) is 12.1 Å². The Labute approximate surface area is 181 Å². The van der Waals surface area contributed by atoms with E-state index in [0.717, 1.165) is 24.3 Å². The van der Waals surface area contributed by atoms with Crippen LogP contribution in [0.2, 0.25) is 0 Å². The van der Waals surface area contributed by atoms with Gasteiger partial charge in [0, 0.05) is 32.4 Å². The van der Waals surface area contributed by atoms with Crippen molar-refractivity contribution < 1.29 is 9.13 Å². The number of hydrogen-bond donors (Lipinski definition) is 2. The third-order valence-corrected chi connectivity index (χ3v) is 4.02. The lowest BCUT2D eigenvalue weighted by Crippen LogP contribution is -2.42. The summed E-state index contributed by atoms with van der Waals surface area (Å²) >= 11 is 0. The highest BCUT2D eigenvalue weighted by Crippen LogP contribution is 2.12. The molecule has 0 aliphatic rings. The van der Waals surface area contributed by atoms with Crippen molar-refractivity contribution in [3.63, 3.8) is 0 Å². The molecule has 3 aromatic rings. The maximum atomic E-state index is 12.9. The number of aliphatic imine (C=N–C) groups is 1. The minimum Gasteiger partial charge on any atom is -0.489 e. The van der Waals surface area contributed by atoms with Crippen molar-refractivity contribution in [1.29, 1.82) is 0 Å². The molecule has 0 aliphatic heterocycles. The normalized spacial score (nSPS) is 12.3. The van der Waals surface area contributed by atoms with Crippen LogP contribution in [0.15, 0.2) is 59.9 Å². The number of imidazole rings is 1. The lowest BCUT2D eigenvalue weighted by molar-refractivity contribution is 0.223. The van der Waals surface area contributed by atoms with Crippen LogP contribution >= 0.6 is 24.0 Å². The van der Waals surface area contributed by atoms with Gasteiger partial charge in [0.2, 0.25) is 0 Å². The maximum Gasteiger partial charge on any atom is 0.191 e. The number of aromatic nitrogens is 2.